The number of unbranched alkanes of at least 4 members (excludes halogenated alkanes) is 27. The quantitative estimate of drug-likeness (QED) is 0.0195. The van der Waals surface area contributed by atoms with E-state index in [1.54, 1.807) is 0 Å². The Labute approximate surface area is 609 Å². The highest BCUT2D eigenvalue weighted by molar-refractivity contribution is 5.70. The van der Waals surface area contributed by atoms with E-state index in [9.17, 15) is 19.5 Å². The number of carboxylic acids is 1. The topological polar surface area (TPSA) is 111 Å². The zero-order valence-corrected chi connectivity index (χ0v) is 64.0. The molecule has 0 radical (unpaired) electrons. The molecule has 0 bridgehead atoms. The van der Waals surface area contributed by atoms with Gasteiger partial charge in [-0.1, -0.05) is 337 Å². The van der Waals surface area contributed by atoms with E-state index >= 15 is 0 Å². The van der Waals surface area contributed by atoms with Gasteiger partial charge >= 0.3 is 11.9 Å². The first kappa shape index (κ1) is 93.4. The number of carbonyl (C=O) groups is 3. The molecule has 0 spiro atoms. The number of esters is 2. The molecule has 0 amide bonds. The number of ether oxygens (including phenoxy) is 4. The summed E-state index contributed by atoms with van der Waals surface area (Å²) in [6.07, 6.45) is 116. The van der Waals surface area contributed by atoms with Crippen LogP contribution in [0.15, 0.2) is 182 Å². The summed E-state index contributed by atoms with van der Waals surface area (Å²) in [5.74, 6) is -2.33. The van der Waals surface area contributed by atoms with Crippen molar-refractivity contribution in [1.82, 2.24) is 0 Å². The van der Waals surface area contributed by atoms with Crippen LogP contribution in [0.2, 0.25) is 0 Å². The van der Waals surface area contributed by atoms with E-state index < -0.39 is 24.3 Å². The van der Waals surface area contributed by atoms with Crippen LogP contribution >= 0.6 is 0 Å². The number of hydrogen-bond acceptors (Lipinski definition) is 8. The molecule has 0 saturated carbocycles. The van der Waals surface area contributed by atoms with Crippen molar-refractivity contribution in [3.63, 3.8) is 0 Å². The SMILES string of the molecule is CC/C=C\C/C=C\C/C=C\C/C=C\C/C=C\C/C=C\C/C=C\C/C=C\C/C=C\C/C=C\C/C=C\C/C=C\CCCCCCC(=O)OC(COC(=O)CCCCCCCCCCCCCCCCCCCC/C=C\C/C=C\C/C=C\CCCCCCC)COC(OCC[N+](C)(C)C)C(=O)[O-]. The minimum Gasteiger partial charge on any atom is -0.545 e. The molecule has 0 aromatic carbocycles. The van der Waals surface area contributed by atoms with Crippen LogP contribution in [0, 0.1) is 0 Å². The van der Waals surface area contributed by atoms with Gasteiger partial charge in [-0.25, -0.2) is 0 Å². The highest BCUT2D eigenvalue weighted by atomic mass is 16.7. The average molecular weight is 1370 g/mol. The molecule has 0 aliphatic heterocycles. The van der Waals surface area contributed by atoms with Gasteiger partial charge in [0.25, 0.3) is 0 Å². The number of carbonyl (C=O) groups excluding carboxylic acids is 3. The molecule has 0 aliphatic rings. The molecule has 0 aliphatic carbocycles. The second-order valence-electron chi connectivity index (χ2n) is 27.3. The van der Waals surface area contributed by atoms with Gasteiger partial charge in [0.2, 0.25) is 0 Å². The van der Waals surface area contributed by atoms with E-state index in [1.165, 1.54) is 141 Å². The van der Waals surface area contributed by atoms with Crippen LogP contribution in [0.3, 0.4) is 0 Å². The zero-order valence-electron chi connectivity index (χ0n) is 64.0. The molecule has 99 heavy (non-hydrogen) atoms. The summed E-state index contributed by atoms with van der Waals surface area (Å²) in [5, 5.41) is 11.9. The Hall–Kier alpha value is -5.61. The summed E-state index contributed by atoms with van der Waals surface area (Å²) in [6.45, 7) is 4.60. The Bertz CT molecular complexity index is 2290. The summed E-state index contributed by atoms with van der Waals surface area (Å²) >= 11 is 0. The first-order valence-electron chi connectivity index (χ1n) is 39.9. The molecule has 2 atom stereocenters. The second-order valence-corrected chi connectivity index (χ2v) is 27.3. The molecular formula is C90H147NO8. The van der Waals surface area contributed by atoms with Crippen molar-refractivity contribution < 1.29 is 42.9 Å². The lowest BCUT2D eigenvalue weighted by Crippen LogP contribution is -2.44. The molecule has 0 rings (SSSR count). The maximum absolute atomic E-state index is 13.0. The van der Waals surface area contributed by atoms with Gasteiger partial charge in [0.15, 0.2) is 12.4 Å². The van der Waals surface area contributed by atoms with Gasteiger partial charge in [-0.15, -0.1) is 0 Å². The number of aliphatic carboxylic acids is 1. The Morgan fingerprint density at radius 3 is 0.859 bits per heavy atom. The monoisotopic (exact) mass is 1370 g/mol. The fourth-order valence-electron chi connectivity index (χ4n) is 10.6. The van der Waals surface area contributed by atoms with Crippen LogP contribution in [-0.4, -0.2) is 82.3 Å². The predicted octanol–water partition coefficient (Wildman–Crippen LogP) is 24.6. The Morgan fingerprint density at radius 1 is 0.313 bits per heavy atom. The Kier molecular flexibility index (Phi) is 73.7. The van der Waals surface area contributed by atoms with Crippen molar-refractivity contribution in [2.75, 3.05) is 47.5 Å². The summed E-state index contributed by atoms with van der Waals surface area (Å²) in [4.78, 5) is 37.6. The Balaban J connectivity index is 4.17. The van der Waals surface area contributed by atoms with Crippen molar-refractivity contribution in [3.05, 3.63) is 182 Å². The number of allylic oxidation sites excluding steroid dienone is 30. The standard InChI is InChI=1S/C90H147NO8/c1-6-8-10-12-14-16-18-20-22-24-26-28-30-32-34-36-38-40-41-42-43-44-45-46-47-49-51-53-55-57-59-61-63-65-67-69-71-73-75-77-79-81-88(93)99-86(85-98-90(89(94)95)96-83-82-91(3,4)5)84-97-87(92)80-78-76-74-72-70-68-66-64-62-60-58-56-54-52-50-48-39-37-35-33-31-29-27-25-23-21-19-17-15-13-11-9-7-2/h8,10,14,16,19-22,25-28,31-34,38,40,42-43,45-46,49,51,55,57,61,63,67,69,86,90H,6-7,9,11-13,15,17-18,23-24,29-30,35-37,39,41,44,47-48,50,52-54,56,58-60,62,64-66,68,70-85H2,1-5H3/b10-8-,16-14-,21-19-,22-20-,27-25-,28-26-,33-31-,34-32-,40-38-,43-42-,46-45-,51-49-,57-55-,63-61-,69-67-. The van der Waals surface area contributed by atoms with Crippen molar-refractivity contribution in [1.29, 1.82) is 0 Å². The van der Waals surface area contributed by atoms with Crippen LogP contribution in [0.25, 0.3) is 0 Å². The normalized spacial score (nSPS) is 13.7. The lowest BCUT2D eigenvalue weighted by atomic mass is 10.0. The highest BCUT2D eigenvalue weighted by Crippen LogP contribution is 2.17. The van der Waals surface area contributed by atoms with Crippen molar-refractivity contribution >= 4 is 17.9 Å². The van der Waals surface area contributed by atoms with Gasteiger partial charge in [-0.2, -0.15) is 0 Å². The van der Waals surface area contributed by atoms with Gasteiger partial charge in [-0.3, -0.25) is 9.59 Å². The second kappa shape index (κ2) is 78.1. The van der Waals surface area contributed by atoms with E-state index in [4.69, 9.17) is 18.9 Å². The van der Waals surface area contributed by atoms with Crippen LogP contribution < -0.4 is 5.11 Å². The number of hydrogen-bond donors (Lipinski definition) is 0. The van der Waals surface area contributed by atoms with Crippen molar-refractivity contribution in [3.8, 4) is 0 Å². The lowest BCUT2D eigenvalue weighted by Gasteiger charge is -2.26. The molecule has 0 heterocycles. The molecule has 9 nitrogen and oxygen atoms in total. The molecule has 9 heteroatoms. The molecule has 560 valence electrons. The smallest absolute Gasteiger partial charge is 0.306 e. The fourth-order valence-corrected chi connectivity index (χ4v) is 10.6. The third-order valence-corrected chi connectivity index (χ3v) is 16.6. The molecule has 0 N–H and O–H groups in total. The van der Waals surface area contributed by atoms with Gasteiger partial charge in [0.1, 0.15) is 13.2 Å². The van der Waals surface area contributed by atoms with E-state index in [-0.39, 0.29) is 38.6 Å². The Morgan fingerprint density at radius 2 is 0.576 bits per heavy atom. The summed E-state index contributed by atoms with van der Waals surface area (Å²) in [5.41, 5.74) is 0. The zero-order chi connectivity index (χ0) is 71.8. The summed E-state index contributed by atoms with van der Waals surface area (Å²) < 4.78 is 22.8. The fraction of sp³-hybridized carbons (Fsp3) is 0.633. The van der Waals surface area contributed by atoms with Crippen LogP contribution in [0.5, 0.6) is 0 Å². The minimum atomic E-state index is -1.64. The number of rotatable bonds is 72. The first-order valence-corrected chi connectivity index (χ1v) is 39.9. The number of quaternary nitrogens is 1. The average Bonchev–Trinajstić information content (AvgIpc) is 2.62. The third-order valence-electron chi connectivity index (χ3n) is 16.6. The molecule has 0 saturated heterocycles. The van der Waals surface area contributed by atoms with Gasteiger partial charge in [-0.05, 0) is 141 Å². The van der Waals surface area contributed by atoms with E-state index in [0.29, 0.717) is 17.4 Å². The van der Waals surface area contributed by atoms with Gasteiger partial charge in [0, 0.05) is 12.8 Å². The number of nitrogens with zero attached hydrogens (tertiary/aromatic N) is 1. The maximum Gasteiger partial charge on any atom is 0.306 e. The van der Waals surface area contributed by atoms with E-state index in [0.717, 1.165) is 135 Å². The number of carboxylic acid groups (broad SMARTS) is 1. The van der Waals surface area contributed by atoms with E-state index in [2.05, 4.69) is 196 Å². The minimum absolute atomic E-state index is 0.134. The summed E-state index contributed by atoms with van der Waals surface area (Å²) in [6, 6.07) is 0. The number of likely N-dealkylation sites (N-methyl/N-ethyl adjacent to an activating group) is 1. The van der Waals surface area contributed by atoms with Gasteiger partial charge in [0.05, 0.1) is 40.3 Å². The van der Waals surface area contributed by atoms with Crippen LogP contribution in [-0.2, 0) is 33.3 Å². The van der Waals surface area contributed by atoms with Crippen LogP contribution in [0.4, 0.5) is 0 Å². The van der Waals surface area contributed by atoms with Crippen LogP contribution in [0.1, 0.15) is 309 Å². The summed E-state index contributed by atoms with van der Waals surface area (Å²) in [7, 11) is 5.92. The predicted molar refractivity (Wildman–Crippen MR) is 425 cm³/mol. The van der Waals surface area contributed by atoms with E-state index in [1.807, 2.05) is 21.1 Å². The first-order chi connectivity index (χ1) is 48.6. The molecule has 2 unspecified atom stereocenters. The molecule has 0 fully saturated rings. The van der Waals surface area contributed by atoms with Crippen molar-refractivity contribution in [2.24, 2.45) is 0 Å². The van der Waals surface area contributed by atoms with Gasteiger partial charge < -0.3 is 33.3 Å². The molecule has 0 aromatic heterocycles. The maximum atomic E-state index is 13.0. The highest BCUT2D eigenvalue weighted by Gasteiger charge is 2.22. The molecule has 0 aromatic rings. The van der Waals surface area contributed by atoms with Crippen molar-refractivity contribution in [2.45, 2.75) is 322 Å². The molecular weight excluding hydrogens is 1220 g/mol. The lowest BCUT2D eigenvalue weighted by molar-refractivity contribution is -0.870. The largest absolute Gasteiger partial charge is 0.545 e. The third kappa shape index (κ3) is 79.6.